The van der Waals surface area contributed by atoms with E-state index in [0.29, 0.717) is 0 Å². The van der Waals surface area contributed by atoms with Gasteiger partial charge in [-0.2, -0.15) is 0 Å². The normalized spacial score (nSPS) is 11.3. The molecule has 13 aromatic rings. The summed E-state index contributed by atoms with van der Waals surface area (Å²) in [5.41, 5.74) is 21.5. The highest BCUT2D eigenvalue weighted by molar-refractivity contribution is 6.25. The van der Waals surface area contributed by atoms with Gasteiger partial charge in [0.1, 0.15) is 0 Å². The molecule has 0 aliphatic heterocycles. The maximum absolute atomic E-state index is 2.37. The van der Waals surface area contributed by atoms with Crippen LogP contribution in [0.3, 0.4) is 0 Å². The summed E-state index contributed by atoms with van der Waals surface area (Å²) in [4.78, 5) is 0. The summed E-state index contributed by atoms with van der Waals surface area (Å²) in [5.74, 6) is 0. The minimum atomic E-state index is 1.18. The molecule has 0 spiro atoms. The third-order valence-electron chi connectivity index (χ3n) is 14.5. The molecule has 0 amide bonds. The lowest BCUT2D eigenvalue weighted by atomic mass is 9.90. The summed E-state index contributed by atoms with van der Waals surface area (Å²) in [7, 11) is 0. The second-order valence-corrected chi connectivity index (χ2v) is 18.9. The largest absolute Gasteiger partial charge is 0.0622 e. The standard InChI is InChI=1S/C72H48/c1-3-13-49(14-4-1)51-25-33-55(34-26-51)59-17-11-19-61(43-59)65-45-64(46-66(47-65)62-20-12-18-60(44-62)56-35-27-52(28-36-56)50-15-5-2-6-16-50)58-39-31-54(32-40-58)53-29-37-57(38-30-53)63-41-42-71-69-23-8-7-21-67(69)68-22-9-10-24-70(68)72(71)48-63/h1-48H. The highest BCUT2D eigenvalue weighted by Crippen LogP contribution is 2.40. The van der Waals surface area contributed by atoms with Crippen molar-refractivity contribution in [1.29, 1.82) is 0 Å². The SMILES string of the molecule is c1ccc(-c2ccc(-c3cccc(-c4cc(-c5ccc(-c6ccc(-c7ccc8c9ccccc9c9ccccc9c8c7)cc6)cc5)cc(-c5cccc(-c6ccc(-c7ccccc7)cc6)c5)c4)c3)cc2)cc1. The van der Waals surface area contributed by atoms with Crippen LogP contribution < -0.4 is 0 Å². The van der Waals surface area contributed by atoms with E-state index < -0.39 is 0 Å². The zero-order valence-electron chi connectivity index (χ0n) is 39.7. The van der Waals surface area contributed by atoms with Crippen molar-refractivity contribution in [3.05, 3.63) is 291 Å². The molecule has 0 heterocycles. The van der Waals surface area contributed by atoms with E-state index in [1.54, 1.807) is 0 Å². The molecular formula is C72H48. The first-order valence-corrected chi connectivity index (χ1v) is 24.9. The fourth-order valence-electron chi connectivity index (χ4n) is 10.7. The Morgan fingerprint density at radius 3 is 0.653 bits per heavy atom. The maximum Gasteiger partial charge on any atom is -0.00928 e. The summed E-state index contributed by atoms with van der Waals surface area (Å²) in [6, 6.07) is 107. The Hall–Kier alpha value is -9.36. The Labute approximate surface area is 421 Å². The molecule has 0 fully saturated rings. The molecule has 0 radical (unpaired) electrons. The van der Waals surface area contributed by atoms with Gasteiger partial charge in [-0.3, -0.25) is 0 Å². The molecule has 13 rings (SSSR count). The third-order valence-corrected chi connectivity index (χ3v) is 14.5. The molecule has 0 N–H and O–H groups in total. The lowest BCUT2D eigenvalue weighted by Gasteiger charge is -2.14. The van der Waals surface area contributed by atoms with Gasteiger partial charge in [0.15, 0.2) is 0 Å². The van der Waals surface area contributed by atoms with E-state index in [4.69, 9.17) is 0 Å². The van der Waals surface area contributed by atoms with E-state index in [1.807, 2.05) is 0 Å². The Kier molecular flexibility index (Phi) is 11.0. The van der Waals surface area contributed by atoms with E-state index in [-0.39, 0.29) is 0 Å². The van der Waals surface area contributed by atoms with Gasteiger partial charge in [0.05, 0.1) is 0 Å². The average molecular weight is 913 g/mol. The van der Waals surface area contributed by atoms with Gasteiger partial charge in [-0.1, -0.05) is 255 Å². The quantitative estimate of drug-likeness (QED) is 0.127. The van der Waals surface area contributed by atoms with Gasteiger partial charge in [0.25, 0.3) is 0 Å². The van der Waals surface area contributed by atoms with E-state index in [2.05, 4.69) is 291 Å². The molecular weight excluding hydrogens is 865 g/mol. The van der Waals surface area contributed by atoms with Crippen LogP contribution in [0.25, 0.3) is 132 Å². The van der Waals surface area contributed by atoms with E-state index >= 15 is 0 Å². The van der Waals surface area contributed by atoms with Crippen LogP contribution in [-0.2, 0) is 0 Å². The van der Waals surface area contributed by atoms with Crippen LogP contribution in [0.4, 0.5) is 0 Å². The summed E-state index contributed by atoms with van der Waals surface area (Å²) in [5, 5.41) is 7.76. The number of hydrogen-bond donors (Lipinski definition) is 0. The second-order valence-electron chi connectivity index (χ2n) is 18.9. The zero-order valence-corrected chi connectivity index (χ0v) is 39.7. The molecule has 336 valence electrons. The lowest BCUT2D eigenvalue weighted by Crippen LogP contribution is -1.88. The van der Waals surface area contributed by atoms with Crippen LogP contribution in [0.1, 0.15) is 0 Å². The Balaban J connectivity index is 0.836. The minimum Gasteiger partial charge on any atom is -0.0622 e. The minimum absolute atomic E-state index is 1.18. The highest BCUT2D eigenvalue weighted by Gasteiger charge is 2.13. The second kappa shape index (κ2) is 18.5. The molecule has 0 aliphatic rings. The molecule has 0 aromatic heterocycles. The van der Waals surface area contributed by atoms with E-state index in [0.717, 1.165) is 0 Å². The van der Waals surface area contributed by atoms with Crippen LogP contribution >= 0.6 is 0 Å². The Bertz CT molecular complexity index is 3890. The van der Waals surface area contributed by atoms with Crippen LogP contribution in [0, 0.1) is 0 Å². The smallest absolute Gasteiger partial charge is 0.00928 e. The third kappa shape index (κ3) is 8.26. The van der Waals surface area contributed by atoms with Crippen molar-refractivity contribution in [1.82, 2.24) is 0 Å². The first-order chi connectivity index (χ1) is 35.6. The van der Waals surface area contributed by atoms with Crippen molar-refractivity contribution in [2.75, 3.05) is 0 Å². The highest BCUT2D eigenvalue weighted by atomic mass is 14.2. The number of fused-ring (bicyclic) bond motifs is 6. The fourth-order valence-corrected chi connectivity index (χ4v) is 10.7. The molecule has 0 bridgehead atoms. The summed E-state index contributed by atoms with van der Waals surface area (Å²) in [6.45, 7) is 0. The van der Waals surface area contributed by atoms with E-state index in [9.17, 15) is 0 Å². The van der Waals surface area contributed by atoms with Gasteiger partial charge in [-0.15, -0.1) is 0 Å². The molecule has 0 nitrogen and oxygen atoms in total. The molecule has 0 saturated carbocycles. The molecule has 13 aromatic carbocycles. The van der Waals surface area contributed by atoms with Gasteiger partial charge in [-0.25, -0.2) is 0 Å². The first-order valence-electron chi connectivity index (χ1n) is 24.9. The Morgan fingerprint density at radius 1 is 0.0972 bits per heavy atom. The maximum atomic E-state index is 2.37. The van der Waals surface area contributed by atoms with Crippen molar-refractivity contribution >= 4 is 32.3 Å². The predicted molar refractivity (Wildman–Crippen MR) is 308 cm³/mol. The van der Waals surface area contributed by atoms with Crippen LogP contribution in [0.5, 0.6) is 0 Å². The van der Waals surface area contributed by atoms with Gasteiger partial charge in [-0.05, 0) is 169 Å². The fraction of sp³-hybridized carbons (Fsp3) is 0. The summed E-state index contributed by atoms with van der Waals surface area (Å²) in [6.07, 6.45) is 0. The number of rotatable bonds is 9. The molecule has 0 heteroatoms. The Morgan fingerprint density at radius 2 is 0.292 bits per heavy atom. The summed E-state index contributed by atoms with van der Waals surface area (Å²) < 4.78 is 0. The van der Waals surface area contributed by atoms with Crippen LogP contribution in [0.2, 0.25) is 0 Å². The van der Waals surface area contributed by atoms with Gasteiger partial charge in [0, 0.05) is 0 Å². The lowest BCUT2D eigenvalue weighted by molar-refractivity contribution is 1.54. The van der Waals surface area contributed by atoms with Crippen molar-refractivity contribution in [3.63, 3.8) is 0 Å². The van der Waals surface area contributed by atoms with Gasteiger partial charge < -0.3 is 0 Å². The van der Waals surface area contributed by atoms with Crippen molar-refractivity contribution in [2.24, 2.45) is 0 Å². The van der Waals surface area contributed by atoms with Crippen LogP contribution in [-0.4, -0.2) is 0 Å². The average Bonchev–Trinajstić information content (AvgIpc) is 3.47. The topological polar surface area (TPSA) is 0 Å². The summed E-state index contributed by atoms with van der Waals surface area (Å²) >= 11 is 0. The zero-order chi connectivity index (χ0) is 47.8. The molecule has 72 heavy (non-hydrogen) atoms. The number of benzene rings is 13. The predicted octanol–water partition coefficient (Wildman–Crippen LogP) is 20.1. The molecule has 0 saturated heterocycles. The van der Waals surface area contributed by atoms with Gasteiger partial charge >= 0.3 is 0 Å². The molecule has 0 aliphatic carbocycles. The first kappa shape index (κ1) is 42.7. The molecule has 0 atom stereocenters. The number of hydrogen-bond acceptors (Lipinski definition) is 0. The van der Waals surface area contributed by atoms with E-state index in [1.165, 1.54) is 132 Å². The van der Waals surface area contributed by atoms with Gasteiger partial charge in [0.2, 0.25) is 0 Å². The monoisotopic (exact) mass is 912 g/mol. The van der Waals surface area contributed by atoms with Crippen molar-refractivity contribution in [2.45, 2.75) is 0 Å². The molecule has 0 unspecified atom stereocenters. The van der Waals surface area contributed by atoms with Crippen molar-refractivity contribution in [3.8, 4) is 100 Å². The van der Waals surface area contributed by atoms with Crippen LogP contribution in [0.15, 0.2) is 291 Å². The van der Waals surface area contributed by atoms with Crippen molar-refractivity contribution < 1.29 is 0 Å².